The van der Waals surface area contributed by atoms with Crippen molar-refractivity contribution >= 4 is 58.5 Å². The third-order valence-electron chi connectivity index (χ3n) is 5.72. The number of hydrogen-bond donors (Lipinski definition) is 6. The Kier molecular flexibility index (Phi) is 10.8. The molecule has 0 unspecified atom stereocenters. The van der Waals surface area contributed by atoms with Gasteiger partial charge in [-0.15, -0.1) is 0 Å². The van der Waals surface area contributed by atoms with Crippen LogP contribution in [0.3, 0.4) is 0 Å². The Balaban J connectivity index is 1.60. The highest BCUT2D eigenvalue weighted by molar-refractivity contribution is 6.40. The minimum Gasteiger partial charge on any atom is -0.480 e. The van der Waals surface area contributed by atoms with Crippen LogP contribution in [0.25, 0.3) is 11.1 Å². The average molecular weight is 610 g/mol. The Morgan fingerprint density at radius 2 is 1.60 bits per heavy atom. The van der Waals surface area contributed by atoms with Gasteiger partial charge in [-0.2, -0.15) is 5.26 Å². The van der Waals surface area contributed by atoms with Crippen LogP contribution in [-0.4, -0.2) is 53.9 Å². The molecule has 3 amide bonds. The molecule has 3 aromatic rings. The van der Waals surface area contributed by atoms with Crippen LogP contribution in [0.2, 0.25) is 10.0 Å². The minimum atomic E-state index is -1.53. The van der Waals surface area contributed by atoms with Crippen molar-refractivity contribution in [2.24, 2.45) is 16.5 Å². The van der Waals surface area contributed by atoms with Crippen molar-refractivity contribution in [1.82, 2.24) is 16.0 Å². The highest BCUT2D eigenvalue weighted by Crippen LogP contribution is 2.32. The Bertz CT molecular complexity index is 1560. The molecule has 0 aromatic heterocycles. The van der Waals surface area contributed by atoms with Crippen LogP contribution in [0.15, 0.2) is 65.7 Å². The average Bonchev–Trinajstić information content (AvgIpc) is 2.93. The smallest absolute Gasteiger partial charge is 0.328 e. The van der Waals surface area contributed by atoms with E-state index in [4.69, 9.17) is 39.9 Å². The van der Waals surface area contributed by atoms with Crippen molar-refractivity contribution < 1.29 is 24.3 Å². The van der Waals surface area contributed by atoms with E-state index in [9.17, 15) is 24.3 Å². The molecule has 0 aliphatic carbocycles. The fourth-order valence-electron chi connectivity index (χ4n) is 3.70. The molecule has 216 valence electrons. The number of nitriles is 1. The number of carbonyl (C=O) groups is 4. The number of hydrogen-bond acceptors (Lipinski definition) is 6. The highest BCUT2D eigenvalue weighted by Gasteiger charge is 2.25. The Morgan fingerprint density at radius 3 is 2.19 bits per heavy atom. The topological polar surface area (TPSA) is 213 Å². The van der Waals surface area contributed by atoms with E-state index in [1.54, 1.807) is 36.4 Å². The summed E-state index contributed by atoms with van der Waals surface area (Å²) in [5.74, 6) is -3.77. The van der Waals surface area contributed by atoms with Gasteiger partial charge in [0.15, 0.2) is 5.96 Å². The molecule has 0 bridgehead atoms. The van der Waals surface area contributed by atoms with Gasteiger partial charge in [0.05, 0.1) is 40.3 Å². The number of nitrogens with two attached hydrogens (primary N) is 2. The van der Waals surface area contributed by atoms with Crippen LogP contribution in [0.1, 0.15) is 26.3 Å². The molecule has 0 fully saturated rings. The van der Waals surface area contributed by atoms with Crippen molar-refractivity contribution in [2.45, 2.75) is 12.5 Å². The van der Waals surface area contributed by atoms with Crippen molar-refractivity contribution in [3.05, 3.63) is 87.4 Å². The lowest BCUT2D eigenvalue weighted by Crippen LogP contribution is -2.50. The molecule has 8 N–H and O–H groups in total. The summed E-state index contributed by atoms with van der Waals surface area (Å²) < 4.78 is 0. The first-order valence-corrected chi connectivity index (χ1v) is 13.0. The zero-order valence-electron chi connectivity index (χ0n) is 21.9. The molecule has 3 rings (SSSR count). The van der Waals surface area contributed by atoms with E-state index in [1.807, 2.05) is 0 Å². The number of carboxylic acid groups (broad SMARTS) is 1. The van der Waals surface area contributed by atoms with Crippen LogP contribution in [-0.2, 0) is 16.0 Å². The Morgan fingerprint density at radius 1 is 0.929 bits per heavy atom. The predicted octanol–water partition coefficient (Wildman–Crippen LogP) is 2.36. The highest BCUT2D eigenvalue weighted by atomic mass is 35.5. The van der Waals surface area contributed by atoms with Crippen LogP contribution in [0.4, 0.5) is 5.69 Å². The number of nitrogens with zero attached hydrogens (tertiary/aromatic N) is 2. The van der Waals surface area contributed by atoms with Gasteiger partial charge in [-0.1, -0.05) is 53.5 Å². The second-order valence-corrected chi connectivity index (χ2v) is 9.60. The molecule has 0 radical (unpaired) electrons. The summed E-state index contributed by atoms with van der Waals surface area (Å²) in [6.45, 7) is -0.958. The van der Waals surface area contributed by atoms with Crippen molar-refractivity contribution in [3.8, 4) is 17.2 Å². The van der Waals surface area contributed by atoms with Gasteiger partial charge in [0, 0.05) is 12.1 Å². The largest absolute Gasteiger partial charge is 0.480 e. The zero-order chi connectivity index (χ0) is 30.8. The summed E-state index contributed by atoms with van der Waals surface area (Å²) in [4.78, 5) is 53.2. The van der Waals surface area contributed by atoms with Crippen LogP contribution in [0, 0.1) is 11.3 Å². The van der Waals surface area contributed by atoms with Gasteiger partial charge in [-0.05, 0) is 47.0 Å². The molecule has 42 heavy (non-hydrogen) atoms. The fourth-order valence-corrected chi connectivity index (χ4v) is 4.36. The number of carbonyl (C=O) groups excluding carboxylic acids is 3. The number of benzene rings is 3. The second-order valence-electron chi connectivity index (χ2n) is 8.78. The molecule has 0 saturated heterocycles. The summed E-state index contributed by atoms with van der Waals surface area (Å²) in [7, 11) is 0. The quantitative estimate of drug-likeness (QED) is 0.140. The normalized spacial score (nSPS) is 11.0. The number of carboxylic acids is 1. The maximum absolute atomic E-state index is 12.9. The summed E-state index contributed by atoms with van der Waals surface area (Å²) in [5, 5.41) is 25.4. The van der Waals surface area contributed by atoms with Gasteiger partial charge in [-0.25, -0.2) is 9.79 Å². The van der Waals surface area contributed by atoms with Gasteiger partial charge in [0.1, 0.15) is 6.04 Å². The maximum Gasteiger partial charge on any atom is 0.328 e. The first kappa shape index (κ1) is 31.4. The molecule has 0 heterocycles. The van der Waals surface area contributed by atoms with Crippen LogP contribution in [0.5, 0.6) is 0 Å². The van der Waals surface area contributed by atoms with E-state index in [1.165, 1.54) is 24.3 Å². The SMILES string of the molecule is N#CCc1ccc(-c2cc(Cl)c(C(=O)N[C@@H](CNC(=O)CNC(=O)c3cccc(N=C(N)N)c3)C(=O)O)c(Cl)c2)cc1. The predicted molar refractivity (Wildman–Crippen MR) is 157 cm³/mol. The molecule has 0 saturated carbocycles. The van der Waals surface area contributed by atoms with Gasteiger partial charge in [0.25, 0.3) is 11.8 Å². The summed E-state index contributed by atoms with van der Waals surface area (Å²) in [6, 6.07) is 16.7. The number of rotatable bonds is 11. The number of halogens is 2. The van der Waals surface area contributed by atoms with Crippen molar-refractivity contribution in [1.29, 1.82) is 5.26 Å². The lowest BCUT2D eigenvalue weighted by molar-refractivity contribution is -0.139. The Hall–Kier alpha value is -5.12. The molecule has 12 nitrogen and oxygen atoms in total. The zero-order valence-corrected chi connectivity index (χ0v) is 23.4. The maximum atomic E-state index is 12.9. The molecule has 0 aliphatic rings. The number of nitrogens with one attached hydrogen (secondary N) is 3. The van der Waals surface area contributed by atoms with E-state index < -0.39 is 42.8 Å². The van der Waals surface area contributed by atoms with E-state index in [0.717, 1.165) is 11.1 Å². The Labute approximate surface area is 250 Å². The lowest BCUT2D eigenvalue weighted by Gasteiger charge is -2.17. The lowest BCUT2D eigenvalue weighted by atomic mass is 10.0. The number of guanidine groups is 1. The summed E-state index contributed by atoms with van der Waals surface area (Å²) in [5.41, 5.74) is 13.2. The summed E-state index contributed by atoms with van der Waals surface area (Å²) >= 11 is 12.7. The monoisotopic (exact) mass is 609 g/mol. The van der Waals surface area contributed by atoms with Gasteiger partial charge < -0.3 is 32.5 Å². The van der Waals surface area contributed by atoms with Gasteiger partial charge in [-0.3, -0.25) is 14.4 Å². The first-order chi connectivity index (χ1) is 20.0. The number of amides is 3. The first-order valence-electron chi connectivity index (χ1n) is 12.2. The molecule has 0 spiro atoms. The fraction of sp³-hybridized carbons (Fsp3) is 0.143. The van der Waals surface area contributed by atoms with Crippen molar-refractivity contribution in [3.63, 3.8) is 0 Å². The third-order valence-corrected chi connectivity index (χ3v) is 6.32. The van der Waals surface area contributed by atoms with Crippen molar-refractivity contribution in [2.75, 3.05) is 13.1 Å². The third kappa shape index (κ3) is 8.69. The second kappa shape index (κ2) is 14.5. The molecule has 1 atom stereocenters. The molecule has 0 aliphatic heterocycles. The van der Waals surface area contributed by atoms with E-state index >= 15 is 0 Å². The standard InChI is InChI=1S/C28H25Cl2N7O5/c29-20-11-18(16-6-4-15(5-7-16)8-9-31)12-21(30)24(20)26(40)37-22(27(41)42)13-34-23(38)14-35-25(39)17-2-1-3-19(10-17)36-28(32)33/h1-7,10-12,22H,8,13-14H2,(H,34,38)(H,35,39)(H,37,40)(H,41,42)(H4,32,33,36)/t22-/m0/s1. The minimum absolute atomic E-state index is 0.0177. The molecular formula is C28H25Cl2N7O5. The van der Waals surface area contributed by atoms with E-state index in [0.29, 0.717) is 11.3 Å². The van der Waals surface area contributed by atoms with Gasteiger partial charge in [0.2, 0.25) is 5.91 Å². The van der Waals surface area contributed by atoms with Crippen LogP contribution < -0.4 is 27.4 Å². The molecule has 14 heteroatoms. The van der Waals surface area contributed by atoms with Crippen LogP contribution >= 0.6 is 23.2 Å². The summed E-state index contributed by atoms with van der Waals surface area (Å²) in [6.07, 6.45) is 0.261. The molecular weight excluding hydrogens is 585 g/mol. The van der Waals surface area contributed by atoms with E-state index in [2.05, 4.69) is 27.0 Å². The van der Waals surface area contributed by atoms with Gasteiger partial charge >= 0.3 is 5.97 Å². The number of aliphatic imine (C=N–C) groups is 1. The van der Waals surface area contributed by atoms with E-state index in [-0.39, 0.29) is 33.6 Å². The number of aliphatic carboxylic acids is 1. The molecule has 3 aromatic carbocycles.